The van der Waals surface area contributed by atoms with Crippen molar-refractivity contribution in [2.24, 2.45) is 7.05 Å². The summed E-state index contributed by atoms with van der Waals surface area (Å²) in [7, 11) is 2.11. The summed E-state index contributed by atoms with van der Waals surface area (Å²) < 4.78 is 2.24. The molecule has 116 valence electrons. The number of pyridine rings is 1. The zero-order valence-electron chi connectivity index (χ0n) is 13.8. The van der Waals surface area contributed by atoms with Gasteiger partial charge in [0.1, 0.15) is 7.05 Å². The van der Waals surface area contributed by atoms with Crippen molar-refractivity contribution in [3.05, 3.63) is 78.6 Å². The second-order valence-electron chi connectivity index (χ2n) is 5.91. The zero-order valence-corrected chi connectivity index (χ0v) is 13.8. The molecule has 0 bridgehead atoms. The summed E-state index contributed by atoms with van der Waals surface area (Å²) in [6, 6.07) is 20.9. The van der Waals surface area contributed by atoms with Gasteiger partial charge >= 0.3 is 0 Å². The van der Waals surface area contributed by atoms with E-state index in [2.05, 4.69) is 83.1 Å². The average Bonchev–Trinajstić information content (AvgIpc) is 2.64. The van der Waals surface area contributed by atoms with E-state index in [1.807, 2.05) is 6.07 Å². The van der Waals surface area contributed by atoms with Crippen LogP contribution in [0.3, 0.4) is 0 Å². The highest BCUT2D eigenvalue weighted by molar-refractivity contribution is 5.92. The van der Waals surface area contributed by atoms with Gasteiger partial charge in [-0.3, -0.25) is 0 Å². The van der Waals surface area contributed by atoms with Crippen molar-refractivity contribution < 1.29 is 4.57 Å². The smallest absolute Gasteiger partial charge is 0.213 e. The average molecular weight is 312 g/mol. The number of para-hydroxylation sites is 1. The predicted octanol–water partition coefficient (Wildman–Crippen LogP) is 4.10. The minimum absolute atomic E-state index is 0.754. The summed E-state index contributed by atoms with van der Waals surface area (Å²) in [5, 5.41) is 1.16. The molecule has 0 atom stereocenters. The molecule has 0 saturated heterocycles. The highest BCUT2D eigenvalue weighted by atomic mass is 14.9. The predicted molar refractivity (Wildman–Crippen MR) is 96.3 cm³/mol. The quantitative estimate of drug-likeness (QED) is 0.522. The number of hydrogen-bond donors (Lipinski definition) is 0. The van der Waals surface area contributed by atoms with Crippen LogP contribution in [-0.2, 0) is 7.05 Å². The van der Waals surface area contributed by atoms with Crippen LogP contribution in [-0.4, -0.2) is 9.97 Å². The number of aromatic nitrogens is 3. The van der Waals surface area contributed by atoms with Gasteiger partial charge in [-0.15, -0.1) is 0 Å². The Bertz CT molecular complexity index is 1020. The number of rotatable bonds is 2. The lowest BCUT2D eigenvalue weighted by Gasteiger charge is -2.10. The first-order valence-corrected chi connectivity index (χ1v) is 8.01. The molecule has 3 heteroatoms. The van der Waals surface area contributed by atoms with Crippen LogP contribution >= 0.6 is 0 Å². The Morgan fingerprint density at radius 3 is 2.29 bits per heavy atom. The first-order valence-electron chi connectivity index (χ1n) is 8.01. The maximum Gasteiger partial charge on any atom is 0.213 e. The number of nitrogens with zero attached hydrogens (tertiary/aromatic N) is 3. The fraction of sp³-hybridized carbons (Fsp3) is 0.0952. The van der Waals surface area contributed by atoms with Crippen molar-refractivity contribution in [2.75, 3.05) is 0 Å². The molecule has 4 aromatic rings. The van der Waals surface area contributed by atoms with Crippen molar-refractivity contribution in [1.82, 2.24) is 9.97 Å². The number of fused-ring (bicyclic) bond motifs is 1. The summed E-state index contributed by atoms with van der Waals surface area (Å²) in [4.78, 5) is 8.93. The Balaban J connectivity index is 2.10. The Hall–Kier alpha value is -3.07. The first-order chi connectivity index (χ1) is 11.8. The van der Waals surface area contributed by atoms with E-state index in [0.717, 1.165) is 22.5 Å². The van der Waals surface area contributed by atoms with Crippen molar-refractivity contribution in [3.63, 3.8) is 0 Å². The topological polar surface area (TPSA) is 29.7 Å². The van der Waals surface area contributed by atoms with Crippen molar-refractivity contribution >= 4 is 10.9 Å². The van der Waals surface area contributed by atoms with Crippen LogP contribution < -0.4 is 4.57 Å². The molecule has 4 rings (SSSR count). The van der Waals surface area contributed by atoms with E-state index in [9.17, 15) is 0 Å². The maximum absolute atomic E-state index is 4.47. The Morgan fingerprint density at radius 2 is 1.50 bits per heavy atom. The van der Waals surface area contributed by atoms with Crippen LogP contribution in [0.1, 0.15) is 5.56 Å². The molecule has 2 heterocycles. The maximum atomic E-state index is 4.47. The van der Waals surface area contributed by atoms with Gasteiger partial charge in [-0.2, -0.15) is 4.57 Å². The van der Waals surface area contributed by atoms with E-state index in [-0.39, 0.29) is 0 Å². The molecule has 0 radical (unpaired) electrons. The third-order valence-corrected chi connectivity index (χ3v) is 4.43. The van der Waals surface area contributed by atoms with Gasteiger partial charge in [0.25, 0.3) is 0 Å². The van der Waals surface area contributed by atoms with E-state index in [1.54, 1.807) is 12.4 Å². The first kappa shape index (κ1) is 14.5. The molecule has 0 aliphatic heterocycles. The largest absolute Gasteiger partial charge is 0.237 e. The van der Waals surface area contributed by atoms with Gasteiger partial charge in [0.05, 0.1) is 5.39 Å². The van der Waals surface area contributed by atoms with E-state index < -0.39 is 0 Å². The van der Waals surface area contributed by atoms with E-state index in [1.165, 1.54) is 16.6 Å². The second kappa shape index (κ2) is 5.85. The van der Waals surface area contributed by atoms with Crippen LogP contribution in [0.4, 0.5) is 0 Å². The van der Waals surface area contributed by atoms with Crippen molar-refractivity contribution in [1.29, 1.82) is 0 Å². The fourth-order valence-corrected chi connectivity index (χ4v) is 3.18. The Labute approximate surface area is 141 Å². The third-order valence-electron chi connectivity index (χ3n) is 4.43. The summed E-state index contributed by atoms with van der Waals surface area (Å²) in [6.45, 7) is 2.14. The van der Waals surface area contributed by atoms with Gasteiger partial charge in [0.2, 0.25) is 11.2 Å². The second-order valence-corrected chi connectivity index (χ2v) is 5.91. The van der Waals surface area contributed by atoms with Crippen LogP contribution in [0, 0.1) is 6.92 Å². The lowest BCUT2D eigenvalue weighted by Crippen LogP contribution is -2.32. The molecular weight excluding hydrogens is 294 g/mol. The van der Waals surface area contributed by atoms with Gasteiger partial charge in [0.15, 0.2) is 5.82 Å². The van der Waals surface area contributed by atoms with Crippen LogP contribution in [0.25, 0.3) is 33.5 Å². The molecule has 3 nitrogen and oxygen atoms in total. The van der Waals surface area contributed by atoms with Crippen LogP contribution in [0.2, 0.25) is 0 Å². The third kappa shape index (κ3) is 2.35. The molecular formula is C21H18N3+. The Kier molecular flexibility index (Phi) is 3.54. The zero-order chi connectivity index (χ0) is 16.5. The van der Waals surface area contributed by atoms with Crippen LogP contribution in [0.5, 0.6) is 0 Å². The minimum atomic E-state index is 0.754. The van der Waals surface area contributed by atoms with E-state index in [4.69, 9.17) is 0 Å². The molecule has 0 amide bonds. The Morgan fingerprint density at radius 1 is 0.792 bits per heavy atom. The number of benzene rings is 2. The fourth-order valence-electron chi connectivity index (χ4n) is 3.18. The minimum Gasteiger partial charge on any atom is -0.237 e. The number of hydrogen-bond acceptors (Lipinski definition) is 2. The molecule has 0 spiro atoms. The SMILES string of the molecule is Cc1ccccc1-c1cc(-c2ncccn2)c2ccccc2[n+]1C. The van der Waals surface area contributed by atoms with Gasteiger partial charge < -0.3 is 0 Å². The van der Waals surface area contributed by atoms with E-state index in [0.29, 0.717) is 0 Å². The summed E-state index contributed by atoms with van der Waals surface area (Å²) in [5.41, 5.74) is 5.86. The summed E-state index contributed by atoms with van der Waals surface area (Å²) in [6.07, 6.45) is 3.58. The van der Waals surface area contributed by atoms with E-state index >= 15 is 0 Å². The molecule has 2 aromatic heterocycles. The molecule has 0 N–H and O–H groups in total. The van der Waals surface area contributed by atoms with Gasteiger partial charge in [-0.05, 0) is 30.7 Å². The highest BCUT2D eigenvalue weighted by Crippen LogP contribution is 2.29. The summed E-state index contributed by atoms with van der Waals surface area (Å²) >= 11 is 0. The van der Waals surface area contributed by atoms with Crippen molar-refractivity contribution in [3.8, 4) is 22.6 Å². The summed E-state index contributed by atoms with van der Waals surface area (Å²) in [5.74, 6) is 0.754. The lowest BCUT2D eigenvalue weighted by molar-refractivity contribution is -0.633. The standard InChI is InChI=1S/C21H18N3/c1-15-8-3-4-9-16(15)20-14-18(21-22-12-7-13-23-21)17-10-5-6-11-19(17)24(20)2/h3-14H,1-2H3/q+1. The molecule has 24 heavy (non-hydrogen) atoms. The normalized spacial score (nSPS) is 10.9. The molecule has 0 saturated carbocycles. The molecule has 0 fully saturated rings. The lowest BCUT2D eigenvalue weighted by atomic mass is 10.00. The molecule has 0 unspecified atom stereocenters. The molecule has 2 aromatic carbocycles. The van der Waals surface area contributed by atoms with Gasteiger partial charge in [-0.25, -0.2) is 9.97 Å². The molecule has 0 aliphatic carbocycles. The monoisotopic (exact) mass is 312 g/mol. The van der Waals surface area contributed by atoms with Crippen LogP contribution in [0.15, 0.2) is 73.1 Å². The number of aryl methyl sites for hydroxylation is 2. The highest BCUT2D eigenvalue weighted by Gasteiger charge is 2.20. The van der Waals surface area contributed by atoms with Gasteiger partial charge in [0, 0.05) is 35.7 Å². The van der Waals surface area contributed by atoms with Crippen molar-refractivity contribution in [2.45, 2.75) is 6.92 Å². The van der Waals surface area contributed by atoms with Gasteiger partial charge in [-0.1, -0.05) is 30.3 Å². The molecule has 0 aliphatic rings.